The van der Waals surface area contributed by atoms with E-state index in [4.69, 9.17) is 9.63 Å². The first-order valence-corrected chi connectivity index (χ1v) is 4.85. The first-order valence-electron chi connectivity index (χ1n) is 4.85. The van der Waals surface area contributed by atoms with Gasteiger partial charge in [0.05, 0.1) is 13.0 Å². The van der Waals surface area contributed by atoms with Crippen molar-refractivity contribution >= 4 is 0 Å². The second kappa shape index (κ2) is 4.70. The minimum atomic E-state index is 0.0459. The second-order valence-corrected chi connectivity index (χ2v) is 3.24. The maximum Gasteiger partial charge on any atom is 0.231 e. The van der Waals surface area contributed by atoms with E-state index in [1.165, 1.54) is 0 Å². The molecular weight excluding hydrogens is 192 g/mol. The first-order chi connectivity index (χ1) is 7.38. The summed E-state index contributed by atoms with van der Waals surface area (Å²) in [6.45, 7) is 0.0459. The number of hydrogen-bond donors (Lipinski definition) is 1. The van der Waals surface area contributed by atoms with Gasteiger partial charge < -0.3 is 9.63 Å². The molecule has 0 bridgehead atoms. The van der Waals surface area contributed by atoms with Gasteiger partial charge in [-0.2, -0.15) is 4.98 Å². The van der Waals surface area contributed by atoms with Crippen molar-refractivity contribution in [2.24, 2.45) is 0 Å². The van der Waals surface area contributed by atoms with Crippen LogP contribution in [0.1, 0.15) is 17.3 Å². The molecule has 0 atom stereocenters. The minimum Gasteiger partial charge on any atom is -0.396 e. The molecule has 2 rings (SSSR count). The van der Waals surface area contributed by atoms with Crippen LogP contribution >= 0.6 is 0 Å². The third-order valence-corrected chi connectivity index (χ3v) is 2.04. The zero-order valence-electron chi connectivity index (χ0n) is 8.26. The van der Waals surface area contributed by atoms with E-state index in [0.29, 0.717) is 24.6 Å². The van der Waals surface area contributed by atoms with Crippen molar-refractivity contribution in [3.8, 4) is 0 Å². The number of rotatable bonds is 4. The zero-order chi connectivity index (χ0) is 10.5. The van der Waals surface area contributed by atoms with Gasteiger partial charge in [0.2, 0.25) is 5.89 Å². The van der Waals surface area contributed by atoms with Gasteiger partial charge in [-0.15, -0.1) is 0 Å². The normalized spacial score (nSPS) is 10.5. The van der Waals surface area contributed by atoms with Crippen LogP contribution in [0.2, 0.25) is 0 Å². The summed E-state index contributed by atoms with van der Waals surface area (Å²) in [5, 5.41) is 12.5. The molecule has 1 heterocycles. The third kappa shape index (κ3) is 2.63. The standard InChI is InChI=1S/C11H12N2O2/c14-7-6-10-12-11(15-13-10)8-9-4-2-1-3-5-9/h1-5,14H,6-8H2. The highest BCUT2D eigenvalue weighted by molar-refractivity contribution is 5.17. The predicted octanol–water partition coefficient (Wildman–Crippen LogP) is 1.20. The largest absolute Gasteiger partial charge is 0.396 e. The zero-order valence-corrected chi connectivity index (χ0v) is 8.26. The lowest BCUT2D eigenvalue weighted by Crippen LogP contribution is -1.93. The van der Waals surface area contributed by atoms with Gasteiger partial charge in [-0.25, -0.2) is 0 Å². The molecule has 0 aliphatic heterocycles. The van der Waals surface area contributed by atoms with Crippen LogP contribution < -0.4 is 0 Å². The Labute approximate surface area is 87.6 Å². The number of hydrogen-bond acceptors (Lipinski definition) is 4. The quantitative estimate of drug-likeness (QED) is 0.812. The van der Waals surface area contributed by atoms with Crippen molar-refractivity contribution in [1.29, 1.82) is 0 Å². The monoisotopic (exact) mass is 204 g/mol. The Hall–Kier alpha value is -1.68. The van der Waals surface area contributed by atoms with Crippen LogP contribution in [-0.2, 0) is 12.8 Å². The highest BCUT2D eigenvalue weighted by atomic mass is 16.5. The van der Waals surface area contributed by atoms with E-state index in [-0.39, 0.29) is 6.61 Å². The van der Waals surface area contributed by atoms with Gasteiger partial charge in [-0.3, -0.25) is 0 Å². The molecule has 15 heavy (non-hydrogen) atoms. The summed E-state index contributed by atoms with van der Waals surface area (Å²) in [4.78, 5) is 4.16. The van der Waals surface area contributed by atoms with E-state index >= 15 is 0 Å². The molecule has 0 radical (unpaired) electrons. The highest BCUT2D eigenvalue weighted by Crippen LogP contribution is 2.07. The molecule has 0 unspecified atom stereocenters. The molecule has 4 heteroatoms. The summed E-state index contributed by atoms with van der Waals surface area (Å²) in [5.74, 6) is 1.15. The second-order valence-electron chi connectivity index (χ2n) is 3.24. The lowest BCUT2D eigenvalue weighted by atomic mass is 10.1. The summed E-state index contributed by atoms with van der Waals surface area (Å²) in [7, 11) is 0. The van der Waals surface area contributed by atoms with E-state index in [9.17, 15) is 0 Å². The fourth-order valence-corrected chi connectivity index (χ4v) is 1.33. The maximum absolute atomic E-state index is 8.70. The maximum atomic E-state index is 8.70. The molecule has 1 aromatic heterocycles. The van der Waals surface area contributed by atoms with Crippen molar-refractivity contribution in [2.45, 2.75) is 12.8 Å². The van der Waals surface area contributed by atoms with Gasteiger partial charge in [0.25, 0.3) is 0 Å². The van der Waals surface area contributed by atoms with Crippen LogP contribution in [0.15, 0.2) is 34.9 Å². The SMILES string of the molecule is OCCc1noc(Cc2ccccc2)n1. The number of aromatic nitrogens is 2. The van der Waals surface area contributed by atoms with E-state index in [2.05, 4.69) is 10.1 Å². The van der Waals surface area contributed by atoms with Crippen LogP contribution in [0.5, 0.6) is 0 Å². The summed E-state index contributed by atoms with van der Waals surface area (Å²) >= 11 is 0. The summed E-state index contributed by atoms with van der Waals surface area (Å²) in [5.41, 5.74) is 1.14. The van der Waals surface area contributed by atoms with E-state index < -0.39 is 0 Å². The van der Waals surface area contributed by atoms with Crippen LogP contribution in [0, 0.1) is 0 Å². The molecular formula is C11H12N2O2. The Bertz CT molecular complexity index is 412. The number of benzene rings is 1. The van der Waals surface area contributed by atoms with Gasteiger partial charge in [-0.1, -0.05) is 35.5 Å². The summed E-state index contributed by atoms with van der Waals surface area (Å²) in [6.07, 6.45) is 1.08. The molecule has 1 N–H and O–H groups in total. The average molecular weight is 204 g/mol. The number of nitrogens with zero attached hydrogens (tertiary/aromatic N) is 2. The van der Waals surface area contributed by atoms with Crippen LogP contribution in [0.25, 0.3) is 0 Å². The molecule has 0 saturated heterocycles. The Balaban J connectivity index is 2.05. The fourth-order valence-electron chi connectivity index (χ4n) is 1.33. The van der Waals surface area contributed by atoms with Crippen molar-refractivity contribution in [1.82, 2.24) is 10.1 Å². The van der Waals surface area contributed by atoms with Gasteiger partial charge in [-0.05, 0) is 5.56 Å². The van der Waals surface area contributed by atoms with Gasteiger partial charge in [0, 0.05) is 6.42 Å². The minimum absolute atomic E-state index is 0.0459. The van der Waals surface area contributed by atoms with Crippen molar-refractivity contribution in [3.63, 3.8) is 0 Å². The Morgan fingerprint density at radius 1 is 1.20 bits per heavy atom. The average Bonchev–Trinajstić information content (AvgIpc) is 2.68. The van der Waals surface area contributed by atoms with Gasteiger partial charge in [0.1, 0.15) is 0 Å². The Kier molecular flexibility index (Phi) is 3.09. The summed E-state index contributed by atoms with van der Waals surface area (Å²) in [6, 6.07) is 9.93. The smallest absolute Gasteiger partial charge is 0.231 e. The van der Waals surface area contributed by atoms with Crippen molar-refractivity contribution in [3.05, 3.63) is 47.6 Å². The Morgan fingerprint density at radius 2 is 2.00 bits per heavy atom. The lowest BCUT2D eigenvalue weighted by molar-refractivity contribution is 0.293. The molecule has 4 nitrogen and oxygen atoms in total. The van der Waals surface area contributed by atoms with Gasteiger partial charge >= 0.3 is 0 Å². The van der Waals surface area contributed by atoms with E-state index in [1.807, 2.05) is 30.3 Å². The molecule has 0 aliphatic carbocycles. The molecule has 2 aromatic rings. The molecule has 0 amide bonds. The van der Waals surface area contributed by atoms with Crippen LogP contribution in [0.3, 0.4) is 0 Å². The Morgan fingerprint density at radius 3 is 2.73 bits per heavy atom. The molecule has 78 valence electrons. The van der Waals surface area contributed by atoms with Crippen LogP contribution in [-0.4, -0.2) is 21.9 Å². The molecule has 0 aliphatic rings. The number of aliphatic hydroxyl groups is 1. The highest BCUT2D eigenvalue weighted by Gasteiger charge is 2.05. The third-order valence-electron chi connectivity index (χ3n) is 2.04. The predicted molar refractivity (Wildman–Crippen MR) is 54.3 cm³/mol. The van der Waals surface area contributed by atoms with E-state index in [1.54, 1.807) is 0 Å². The molecule has 0 spiro atoms. The molecule has 0 saturated carbocycles. The van der Waals surface area contributed by atoms with Crippen molar-refractivity contribution in [2.75, 3.05) is 6.61 Å². The first kappa shape index (κ1) is 9.86. The topological polar surface area (TPSA) is 59.2 Å². The van der Waals surface area contributed by atoms with Crippen LogP contribution in [0.4, 0.5) is 0 Å². The lowest BCUT2D eigenvalue weighted by Gasteiger charge is -1.93. The number of aliphatic hydroxyl groups excluding tert-OH is 1. The summed E-state index contributed by atoms with van der Waals surface area (Å²) < 4.78 is 5.05. The van der Waals surface area contributed by atoms with E-state index in [0.717, 1.165) is 5.56 Å². The molecule has 0 fully saturated rings. The molecule has 1 aromatic carbocycles. The van der Waals surface area contributed by atoms with Crippen molar-refractivity contribution < 1.29 is 9.63 Å². The fraction of sp³-hybridized carbons (Fsp3) is 0.273. The van der Waals surface area contributed by atoms with Gasteiger partial charge in [0.15, 0.2) is 5.82 Å².